The predicted octanol–water partition coefficient (Wildman–Crippen LogP) is 1.92. The molecule has 0 saturated carbocycles. The van der Waals surface area contributed by atoms with E-state index in [2.05, 4.69) is 10.6 Å². The SMILES string of the molecule is COc1ccc(S(=O)(=O)N(C)CC(=O)Nc2cccc(NC(C)=O)c2)cc1OC. The molecule has 2 rings (SSSR count). The molecule has 0 radical (unpaired) electrons. The van der Waals surface area contributed by atoms with Crippen LogP contribution in [-0.4, -0.2) is 52.3 Å². The second kappa shape index (κ2) is 9.39. The fourth-order valence-corrected chi connectivity index (χ4v) is 3.67. The molecule has 0 atom stereocenters. The molecule has 0 aliphatic carbocycles. The molecule has 0 fully saturated rings. The minimum Gasteiger partial charge on any atom is -0.493 e. The Morgan fingerprint density at radius 3 is 2.17 bits per heavy atom. The molecule has 0 aliphatic heterocycles. The molecule has 2 aromatic rings. The van der Waals surface area contributed by atoms with Gasteiger partial charge in [0.1, 0.15) is 0 Å². The van der Waals surface area contributed by atoms with E-state index in [1.165, 1.54) is 46.4 Å². The lowest BCUT2D eigenvalue weighted by Gasteiger charge is -2.18. The summed E-state index contributed by atoms with van der Waals surface area (Å²) < 4.78 is 36.7. The summed E-state index contributed by atoms with van der Waals surface area (Å²) in [6, 6.07) is 10.7. The van der Waals surface area contributed by atoms with E-state index >= 15 is 0 Å². The number of anilines is 2. The van der Waals surface area contributed by atoms with Crippen molar-refractivity contribution in [3.8, 4) is 11.5 Å². The van der Waals surface area contributed by atoms with Crippen molar-refractivity contribution in [3.05, 3.63) is 42.5 Å². The molecule has 0 saturated heterocycles. The maximum absolute atomic E-state index is 12.8. The molecule has 9 nitrogen and oxygen atoms in total. The largest absolute Gasteiger partial charge is 0.493 e. The fraction of sp³-hybridized carbons (Fsp3) is 0.263. The molecule has 0 heterocycles. The Kier molecular flexibility index (Phi) is 7.18. The summed E-state index contributed by atoms with van der Waals surface area (Å²) in [4.78, 5) is 23.4. The van der Waals surface area contributed by atoms with Crippen LogP contribution in [0.3, 0.4) is 0 Å². The number of carbonyl (C=O) groups is 2. The van der Waals surface area contributed by atoms with E-state index < -0.39 is 22.5 Å². The molecule has 156 valence electrons. The molecule has 2 N–H and O–H groups in total. The first-order chi connectivity index (χ1) is 13.7. The van der Waals surface area contributed by atoms with E-state index in [4.69, 9.17) is 9.47 Å². The average molecular weight is 421 g/mol. The van der Waals surface area contributed by atoms with Crippen molar-refractivity contribution in [1.82, 2.24) is 4.31 Å². The van der Waals surface area contributed by atoms with Crippen LogP contribution in [0.4, 0.5) is 11.4 Å². The van der Waals surface area contributed by atoms with Gasteiger partial charge in [-0.15, -0.1) is 0 Å². The van der Waals surface area contributed by atoms with Gasteiger partial charge in [0.05, 0.1) is 25.7 Å². The Morgan fingerprint density at radius 1 is 0.966 bits per heavy atom. The van der Waals surface area contributed by atoms with Crippen molar-refractivity contribution in [3.63, 3.8) is 0 Å². The Hall–Kier alpha value is -3.11. The third-order valence-corrected chi connectivity index (χ3v) is 5.70. The number of likely N-dealkylation sites (N-methyl/N-ethyl adjacent to an activating group) is 1. The summed E-state index contributed by atoms with van der Waals surface area (Å²) in [6.45, 7) is 0.972. The van der Waals surface area contributed by atoms with Gasteiger partial charge < -0.3 is 20.1 Å². The Bertz CT molecular complexity index is 1010. The number of nitrogens with one attached hydrogen (secondary N) is 2. The number of rotatable bonds is 8. The zero-order valence-corrected chi connectivity index (χ0v) is 17.4. The third-order valence-electron chi connectivity index (χ3n) is 3.90. The van der Waals surface area contributed by atoms with Gasteiger partial charge in [0.15, 0.2) is 11.5 Å². The van der Waals surface area contributed by atoms with E-state index in [-0.39, 0.29) is 16.6 Å². The Balaban J connectivity index is 2.11. The fourth-order valence-electron chi connectivity index (χ4n) is 2.52. The smallest absolute Gasteiger partial charge is 0.243 e. The van der Waals surface area contributed by atoms with E-state index in [0.29, 0.717) is 17.1 Å². The summed E-state index contributed by atoms with van der Waals surface area (Å²) in [5, 5.41) is 5.22. The minimum atomic E-state index is -3.93. The average Bonchev–Trinajstić information content (AvgIpc) is 2.66. The van der Waals surface area contributed by atoms with Gasteiger partial charge in [-0.3, -0.25) is 9.59 Å². The third kappa shape index (κ3) is 5.69. The number of ether oxygens (including phenoxy) is 2. The van der Waals surface area contributed by atoms with Crippen LogP contribution >= 0.6 is 0 Å². The van der Waals surface area contributed by atoms with Gasteiger partial charge >= 0.3 is 0 Å². The van der Waals surface area contributed by atoms with E-state index in [9.17, 15) is 18.0 Å². The van der Waals surface area contributed by atoms with Crippen LogP contribution in [-0.2, 0) is 19.6 Å². The maximum Gasteiger partial charge on any atom is 0.243 e. The molecule has 0 bridgehead atoms. The van der Waals surface area contributed by atoms with Crippen LogP contribution < -0.4 is 20.1 Å². The summed E-state index contributed by atoms with van der Waals surface area (Å²) in [5.74, 6) is -0.113. The lowest BCUT2D eigenvalue weighted by molar-refractivity contribution is -0.116. The zero-order valence-electron chi connectivity index (χ0n) is 16.6. The number of hydrogen-bond donors (Lipinski definition) is 2. The molecule has 0 spiro atoms. The van der Waals surface area contributed by atoms with Gasteiger partial charge in [-0.05, 0) is 30.3 Å². The standard InChI is InChI=1S/C19H23N3O6S/c1-13(23)20-14-6-5-7-15(10-14)21-19(24)12-22(2)29(25,26)16-8-9-17(27-3)18(11-16)28-4/h5-11H,12H2,1-4H3,(H,20,23)(H,21,24). The number of amides is 2. The topological polar surface area (TPSA) is 114 Å². The number of sulfonamides is 1. The molecule has 2 amide bonds. The number of benzene rings is 2. The summed E-state index contributed by atoms with van der Waals surface area (Å²) in [5.41, 5.74) is 0.944. The van der Waals surface area contributed by atoms with Gasteiger partial charge in [-0.1, -0.05) is 6.07 Å². The highest BCUT2D eigenvalue weighted by Crippen LogP contribution is 2.30. The highest BCUT2D eigenvalue weighted by Gasteiger charge is 2.24. The summed E-state index contributed by atoms with van der Waals surface area (Å²) in [6.07, 6.45) is 0. The van der Waals surface area contributed by atoms with Crippen molar-refractivity contribution in [2.45, 2.75) is 11.8 Å². The van der Waals surface area contributed by atoms with Crippen molar-refractivity contribution in [2.75, 3.05) is 38.4 Å². The van der Waals surface area contributed by atoms with Crippen molar-refractivity contribution < 1.29 is 27.5 Å². The molecule has 29 heavy (non-hydrogen) atoms. The Morgan fingerprint density at radius 2 is 1.59 bits per heavy atom. The number of nitrogens with zero attached hydrogens (tertiary/aromatic N) is 1. The van der Waals surface area contributed by atoms with Crippen LogP contribution in [0.1, 0.15) is 6.92 Å². The van der Waals surface area contributed by atoms with Crippen LogP contribution in [0.15, 0.2) is 47.4 Å². The van der Waals surface area contributed by atoms with Gasteiger partial charge in [-0.25, -0.2) is 8.42 Å². The zero-order chi connectivity index (χ0) is 21.6. The normalized spacial score (nSPS) is 11.1. The minimum absolute atomic E-state index is 0.0295. The van der Waals surface area contributed by atoms with Crippen molar-refractivity contribution in [2.24, 2.45) is 0 Å². The Labute approximate surface area is 169 Å². The highest BCUT2D eigenvalue weighted by atomic mass is 32.2. The molecule has 0 aliphatic rings. The summed E-state index contributed by atoms with van der Waals surface area (Å²) >= 11 is 0. The molecular weight excluding hydrogens is 398 g/mol. The molecule has 2 aromatic carbocycles. The van der Waals surface area contributed by atoms with Crippen molar-refractivity contribution in [1.29, 1.82) is 0 Å². The summed E-state index contributed by atoms with van der Waals surface area (Å²) in [7, 11) is 0.228. The quantitative estimate of drug-likeness (QED) is 0.673. The maximum atomic E-state index is 12.8. The lowest BCUT2D eigenvalue weighted by Crippen LogP contribution is -2.35. The van der Waals surface area contributed by atoms with Crippen LogP contribution in [0.2, 0.25) is 0 Å². The molecule has 0 unspecified atom stereocenters. The van der Waals surface area contributed by atoms with Gasteiger partial charge in [0, 0.05) is 31.4 Å². The van der Waals surface area contributed by atoms with Crippen LogP contribution in [0.25, 0.3) is 0 Å². The number of hydrogen-bond acceptors (Lipinski definition) is 6. The lowest BCUT2D eigenvalue weighted by atomic mass is 10.2. The first-order valence-electron chi connectivity index (χ1n) is 8.53. The number of carbonyl (C=O) groups excluding carboxylic acids is 2. The van der Waals surface area contributed by atoms with Gasteiger partial charge in [-0.2, -0.15) is 4.31 Å². The second-order valence-electron chi connectivity index (χ2n) is 6.09. The molecule has 10 heteroatoms. The monoisotopic (exact) mass is 421 g/mol. The number of methoxy groups -OCH3 is 2. The van der Waals surface area contributed by atoms with Gasteiger partial charge in [0.2, 0.25) is 21.8 Å². The van der Waals surface area contributed by atoms with E-state index in [1.807, 2.05) is 0 Å². The first-order valence-corrected chi connectivity index (χ1v) is 9.97. The van der Waals surface area contributed by atoms with E-state index in [1.54, 1.807) is 24.3 Å². The molecular formula is C19H23N3O6S. The second-order valence-corrected chi connectivity index (χ2v) is 8.13. The van der Waals surface area contributed by atoms with Crippen LogP contribution in [0.5, 0.6) is 11.5 Å². The first kappa shape index (κ1) is 22.2. The van der Waals surface area contributed by atoms with Crippen LogP contribution in [0, 0.1) is 0 Å². The van der Waals surface area contributed by atoms with Crippen molar-refractivity contribution >= 4 is 33.2 Å². The molecule has 0 aromatic heterocycles. The van der Waals surface area contributed by atoms with E-state index in [0.717, 1.165) is 4.31 Å². The highest BCUT2D eigenvalue weighted by molar-refractivity contribution is 7.89. The predicted molar refractivity (Wildman–Crippen MR) is 109 cm³/mol. The van der Waals surface area contributed by atoms with Gasteiger partial charge in [0.25, 0.3) is 0 Å².